The van der Waals surface area contributed by atoms with Gasteiger partial charge in [-0.3, -0.25) is 0 Å². The van der Waals surface area contributed by atoms with Crippen molar-refractivity contribution in [1.82, 2.24) is 5.32 Å². The fourth-order valence-corrected chi connectivity index (χ4v) is 4.42. The molecule has 1 fully saturated rings. The van der Waals surface area contributed by atoms with E-state index >= 15 is 0 Å². The summed E-state index contributed by atoms with van der Waals surface area (Å²) >= 11 is 0. The molecule has 0 aliphatic heterocycles. The molecule has 3 aromatic carbocycles. The second-order valence-corrected chi connectivity index (χ2v) is 9.73. The highest BCUT2D eigenvalue weighted by Gasteiger charge is 2.34. The maximum atomic E-state index is 10.6. The average molecular weight is 434 g/mol. The molecular formula is C28H35NO3. The minimum Gasteiger partial charge on any atom is -0.392 e. The van der Waals surface area contributed by atoms with Crippen LogP contribution in [0.5, 0.6) is 0 Å². The second-order valence-electron chi connectivity index (χ2n) is 9.73. The van der Waals surface area contributed by atoms with E-state index in [0.29, 0.717) is 12.5 Å². The molecule has 32 heavy (non-hydrogen) atoms. The molecule has 4 rings (SSSR count). The summed E-state index contributed by atoms with van der Waals surface area (Å²) in [5, 5.41) is 26.3. The first-order valence-electron chi connectivity index (χ1n) is 11.7. The highest BCUT2D eigenvalue weighted by molar-refractivity contribution is 5.83. The third-order valence-corrected chi connectivity index (χ3v) is 6.33. The molecule has 0 bridgehead atoms. The Morgan fingerprint density at radius 3 is 2.47 bits per heavy atom. The van der Waals surface area contributed by atoms with Gasteiger partial charge in [0, 0.05) is 12.1 Å². The van der Waals surface area contributed by atoms with E-state index in [1.165, 1.54) is 16.3 Å². The van der Waals surface area contributed by atoms with E-state index < -0.39 is 6.10 Å². The molecule has 3 N–H and O–H groups in total. The van der Waals surface area contributed by atoms with Crippen molar-refractivity contribution in [2.45, 2.75) is 57.5 Å². The van der Waals surface area contributed by atoms with Crippen molar-refractivity contribution in [3.8, 4) is 0 Å². The summed E-state index contributed by atoms with van der Waals surface area (Å²) < 4.78 is 6.19. The summed E-state index contributed by atoms with van der Waals surface area (Å²) in [5.74, 6) is 0.479. The van der Waals surface area contributed by atoms with Gasteiger partial charge in [0.05, 0.1) is 25.4 Å². The summed E-state index contributed by atoms with van der Waals surface area (Å²) in [6.45, 7) is 5.09. The third-order valence-electron chi connectivity index (χ3n) is 6.33. The molecule has 0 radical (unpaired) electrons. The Hall–Kier alpha value is -2.24. The van der Waals surface area contributed by atoms with E-state index in [1.54, 1.807) is 0 Å². The summed E-state index contributed by atoms with van der Waals surface area (Å²) in [6, 6.07) is 22.9. The molecule has 0 heterocycles. The molecule has 0 aromatic heterocycles. The average Bonchev–Trinajstić information content (AvgIpc) is 3.63. The first-order chi connectivity index (χ1) is 15.4. The van der Waals surface area contributed by atoms with Gasteiger partial charge >= 0.3 is 0 Å². The number of aliphatic hydroxyl groups is 2. The maximum Gasteiger partial charge on any atom is 0.0898 e. The van der Waals surface area contributed by atoms with Crippen molar-refractivity contribution in [3.63, 3.8) is 0 Å². The predicted octanol–water partition coefficient (Wildman–Crippen LogP) is 4.77. The van der Waals surface area contributed by atoms with Crippen LogP contribution in [-0.2, 0) is 17.8 Å². The van der Waals surface area contributed by atoms with E-state index in [2.05, 4.69) is 61.6 Å². The fraction of sp³-hybridized carbons (Fsp3) is 0.429. The number of aliphatic hydroxyl groups excluding tert-OH is 2. The molecule has 4 nitrogen and oxygen atoms in total. The number of benzene rings is 3. The Morgan fingerprint density at radius 1 is 1.00 bits per heavy atom. The van der Waals surface area contributed by atoms with Crippen LogP contribution in [0, 0.1) is 5.92 Å². The number of ether oxygens (including phenoxy) is 1. The highest BCUT2D eigenvalue weighted by atomic mass is 16.5. The smallest absolute Gasteiger partial charge is 0.0898 e. The Balaban J connectivity index is 1.30. The zero-order valence-electron chi connectivity index (χ0n) is 19.1. The summed E-state index contributed by atoms with van der Waals surface area (Å²) in [7, 11) is 0. The SMILES string of the molecule is CC(C)(Cc1ccc2ccccc2c1)NCC(O)COC(c1ccccc1CO)C1CC1. The number of hydrogen-bond acceptors (Lipinski definition) is 4. The van der Waals surface area contributed by atoms with Gasteiger partial charge in [0.25, 0.3) is 0 Å². The van der Waals surface area contributed by atoms with Crippen molar-refractivity contribution in [2.24, 2.45) is 5.92 Å². The quantitative estimate of drug-likeness (QED) is 0.408. The highest BCUT2D eigenvalue weighted by Crippen LogP contribution is 2.44. The van der Waals surface area contributed by atoms with Gasteiger partial charge in [-0.1, -0.05) is 66.7 Å². The van der Waals surface area contributed by atoms with Crippen molar-refractivity contribution >= 4 is 10.8 Å². The molecule has 170 valence electrons. The van der Waals surface area contributed by atoms with Gasteiger partial charge in [0.15, 0.2) is 0 Å². The van der Waals surface area contributed by atoms with E-state index in [4.69, 9.17) is 4.74 Å². The maximum absolute atomic E-state index is 10.6. The largest absolute Gasteiger partial charge is 0.392 e. The molecule has 3 aromatic rings. The molecule has 0 spiro atoms. The lowest BCUT2D eigenvalue weighted by molar-refractivity contribution is -0.0218. The van der Waals surface area contributed by atoms with Gasteiger partial charge < -0.3 is 20.3 Å². The molecule has 2 atom stereocenters. The lowest BCUT2D eigenvalue weighted by Crippen LogP contribution is -2.46. The number of fused-ring (bicyclic) bond motifs is 1. The van der Waals surface area contributed by atoms with Crippen LogP contribution in [0.15, 0.2) is 66.7 Å². The summed E-state index contributed by atoms with van der Waals surface area (Å²) in [6.07, 6.45) is 2.50. The van der Waals surface area contributed by atoms with Crippen LogP contribution in [0.3, 0.4) is 0 Å². The Morgan fingerprint density at radius 2 is 1.72 bits per heavy atom. The molecule has 0 amide bonds. The Bertz CT molecular complexity index is 1030. The number of rotatable bonds is 11. The molecule has 4 heteroatoms. The number of β-amino-alcohol motifs (C(OH)–C–C–N with tert-alkyl or cyclic N) is 1. The van der Waals surface area contributed by atoms with E-state index in [1.807, 2.05) is 24.3 Å². The predicted molar refractivity (Wildman–Crippen MR) is 130 cm³/mol. The minimum atomic E-state index is -0.589. The van der Waals surface area contributed by atoms with Crippen LogP contribution in [0.1, 0.15) is 49.5 Å². The molecule has 1 aliphatic rings. The number of hydrogen-bond donors (Lipinski definition) is 3. The Kier molecular flexibility index (Phi) is 7.27. The summed E-state index contributed by atoms with van der Waals surface area (Å²) in [5.41, 5.74) is 3.09. The first kappa shape index (κ1) is 22.9. The van der Waals surface area contributed by atoms with Crippen LogP contribution < -0.4 is 5.32 Å². The first-order valence-corrected chi connectivity index (χ1v) is 11.7. The van der Waals surface area contributed by atoms with Crippen LogP contribution in [0.25, 0.3) is 10.8 Å². The van der Waals surface area contributed by atoms with Crippen molar-refractivity contribution < 1.29 is 14.9 Å². The van der Waals surface area contributed by atoms with E-state index in [-0.39, 0.29) is 24.9 Å². The van der Waals surface area contributed by atoms with Gasteiger partial charge in [-0.2, -0.15) is 0 Å². The Labute approximate surface area is 191 Å². The topological polar surface area (TPSA) is 61.7 Å². The van der Waals surface area contributed by atoms with Crippen LogP contribution in [0.4, 0.5) is 0 Å². The molecular weight excluding hydrogens is 398 g/mol. The zero-order chi connectivity index (χ0) is 22.6. The molecule has 1 aliphatic carbocycles. The third kappa shape index (κ3) is 5.96. The van der Waals surface area contributed by atoms with Crippen LogP contribution in [-0.4, -0.2) is 35.0 Å². The van der Waals surface area contributed by atoms with Crippen LogP contribution in [0.2, 0.25) is 0 Å². The van der Waals surface area contributed by atoms with Crippen molar-refractivity contribution in [1.29, 1.82) is 0 Å². The van der Waals surface area contributed by atoms with Crippen LogP contribution >= 0.6 is 0 Å². The monoisotopic (exact) mass is 433 g/mol. The minimum absolute atomic E-state index is 0.00975. The van der Waals surface area contributed by atoms with Gasteiger partial charge in [0.2, 0.25) is 0 Å². The van der Waals surface area contributed by atoms with Gasteiger partial charge in [-0.15, -0.1) is 0 Å². The van der Waals surface area contributed by atoms with Gasteiger partial charge in [0.1, 0.15) is 0 Å². The number of nitrogens with one attached hydrogen (secondary N) is 1. The lowest BCUT2D eigenvalue weighted by Gasteiger charge is -2.29. The van der Waals surface area contributed by atoms with Crippen molar-refractivity contribution in [3.05, 3.63) is 83.4 Å². The second kappa shape index (κ2) is 10.1. The molecule has 0 saturated heterocycles. The normalized spacial score (nSPS) is 16.2. The zero-order valence-corrected chi connectivity index (χ0v) is 19.1. The lowest BCUT2D eigenvalue weighted by atomic mass is 9.93. The van der Waals surface area contributed by atoms with Gasteiger partial charge in [-0.25, -0.2) is 0 Å². The van der Waals surface area contributed by atoms with Gasteiger partial charge in [-0.05, 0) is 66.5 Å². The molecule has 2 unspecified atom stereocenters. The molecule has 1 saturated carbocycles. The van der Waals surface area contributed by atoms with Crippen molar-refractivity contribution in [2.75, 3.05) is 13.2 Å². The van der Waals surface area contributed by atoms with E-state index in [0.717, 1.165) is 30.4 Å². The summed E-state index contributed by atoms with van der Waals surface area (Å²) in [4.78, 5) is 0. The van der Waals surface area contributed by atoms with E-state index in [9.17, 15) is 10.2 Å². The standard InChI is InChI=1S/C28H35NO3/c1-28(2,16-20-11-12-21-7-3-4-8-23(21)15-20)29-17-25(31)19-32-27(22-13-14-22)26-10-6-5-9-24(26)18-30/h3-12,15,22,25,27,29-31H,13-14,16-19H2,1-2H3. The fourth-order valence-electron chi connectivity index (χ4n) is 4.42.